The second-order valence-electron chi connectivity index (χ2n) is 2.96. The van der Waals surface area contributed by atoms with E-state index in [1.165, 1.54) is 0 Å². The predicted molar refractivity (Wildman–Crippen MR) is 64.5 cm³/mol. The Bertz CT molecular complexity index is 362. The molecule has 1 aromatic rings. The van der Waals surface area contributed by atoms with Gasteiger partial charge in [-0.25, -0.2) is 4.98 Å². The van der Waals surface area contributed by atoms with Crippen LogP contribution in [0, 0.1) is 10.5 Å². The summed E-state index contributed by atoms with van der Waals surface area (Å²) >= 11 is 2.01. The van der Waals surface area contributed by atoms with Crippen LogP contribution in [0.2, 0.25) is 0 Å². The number of hydrogen-bond acceptors (Lipinski definition) is 3. The fourth-order valence-corrected chi connectivity index (χ4v) is 1.61. The first-order valence-corrected chi connectivity index (χ1v) is 5.67. The molecule has 1 heterocycles. The Morgan fingerprint density at radius 3 is 3.00 bits per heavy atom. The summed E-state index contributed by atoms with van der Waals surface area (Å²) in [6.45, 7) is 6.30. The van der Waals surface area contributed by atoms with E-state index in [0.717, 1.165) is 18.9 Å². The number of nitrogens with one attached hydrogen (secondary N) is 1. The van der Waals surface area contributed by atoms with Crippen LogP contribution in [0.3, 0.4) is 0 Å². The summed E-state index contributed by atoms with van der Waals surface area (Å²) in [6, 6.07) is 0. The molecule has 4 nitrogen and oxygen atoms in total. The Hall–Kier alpha value is -0.430. The van der Waals surface area contributed by atoms with Crippen LogP contribution in [0.25, 0.3) is 0 Å². The molecule has 0 aliphatic rings. The number of halogens is 1. The standard InChI is InChI=1S/C9H14IN3O/c1-3-11-4-5-13-7(2)12-6-8(10)9(13)14/h6,11H,3-5H2,1-2H3. The molecule has 0 radical (unpaired) electrons. The Morgan fingerprint density at radius 1 is 1.64 bits per heavy atom. The van der Waals surface area contributed by atoms with E-state index >= 15 is 0 Å². The van der Waals surface area contributed by atoms with Gasteiger partial charge >= 0.3 is 0 Å². The molecule has 1 rings (SSSR count). The molecule has 14 heavy (non-hydrogen) atoms. The highest BCUT2D eigenvalue weighted by molar-refractivity contribution is 14.1. The van der Waals surface area contributed by atoms with Crippen molar-refractivity contribution in [2.24, 2.45) is 0 Å². The van der Waals surface area contributed by atoms with Crippen LogP contribution < -0.4 is 10.9 Å². The zero-order chi connectivity index (χ0) is 10.6. The highest BCUT2D eigenvalue weighted by Crippen LogP contribution is 1.96. The van der Waals surface area contributed by atoms with Crippen LogP contribution >= 0.6 is 22.6 Å². The summed E-state index contributed by atoms with van der Waals surface area (Å²) in [7, 11) is 0. The van der Waals surface area contributed by atoms with E-state index in [4.69, 9.17) is 0 Å². The Balaban J connectivity index is 2.84. The first-order valence-electron chi connectivity index (χ1n) is 4.59. The zero-order valence-corrected chi connectivity index (χ0v) is 10.5. The Kier molecular flexibility index (Phi) is 4.53. The van der Waals surface area contributed by atoms with Crippen molar-refractivity contribution in [1.82, 2.24) is 14.9 Å². The Morgan fingerprint density at radius 2 is 2.36 bits per heavy atom. The molecule has 0 aliphatic carbocycles. The number of rotatable bonds is 4. The summed E-state index contributed by atoms with van der Waals surface area (Å²) in [5.41, 5.74) is 0.0519. The average Bonchev–Trinajstić information content (AvgIpc) is 2.18. The number of aryl methyl sites for hydroxylation is 1. The first kappa shape index (κ1) is 11.6. The SMILES string of the molecule is CCNCCn1c(C)ncc(I)c1=O. The zero-order valence-electron chi connectivity index (χ0n) is 8.38. The Labute approximate surface area is 96.9 Å². The maximum atomic E-state index is 11.7. The van der Waals surface area contributed by atoms with E-state index in [1.54, 1.807) is 10.8 Å². The molecule has 0 aromatic carbocycles. The molecular weight excluding hydrogens is 293 g/mol. The third-order valence-electron chi connectivity index (χ3n) is 1.97. The summed E-state index contributed by atoms with van der Waals surface area (Å²) in [5.74, 6) is 0.772. The second kappa shape index (κ2) is 5.45. The van der Waals surface area contributed by atoms with E-state index in [9.17, 15) is 4.79 Å². The van der Waals surface area contributed by atoms with Crippen LogP contribution in [0.1, 0.15) is 12.7 Å². The van der Waals surface area contributed by atoms with E-state index in [-0.39, 0.29) is 5.56 Å². The smallest absolute Gasteiger partial charge is 0.266 e. The monoisotopic (exact) mass is 307 g/mol. The normalized spacial score (nSPS) is 10.5. The highest BCUT2D eigenvalue weighted by Gasteiger charge is 2.03. The van der Waals surface area contributed by atoms with Gasteiger partial charge in [-0.2, -0.15) is 0 Å². The maximum absolute atomic E-state index is 11.7. The largest absolute Gasteiger partial charge is 0.315 e. The third-order valence-corrected chi connectivity index (χ3v) is 2.71. The van der Waals surface area contributed by atoms with E-state index in [1.807, 2.05) is 36.4 Å². The van der Waals surface area contributed by atoms with Crippen molar-refractivity contribution < 1.29 is 0 Å². The number of likely N-dealkylation sites (N-methyl/N-ethyl adjacent to an activating group) is 1. The summed E-state index contributed by atoms with van der Waals surface area (Å²) in [6.07, 6.45) is 1.61. The van der Waals surface area contributed by atoms with Gasteiger partial charge in [-0.05, 0) is 36.1 Å². The van der Waals surface area contributed by atoms with Gasteiger partial charge in [-0.15, -0.1) is 0 Å². The van der Waals surface area contributed by atoms with Gasteiger partial charge in [-0.1, -0.05) is 6.92 Å². The molecule has 5 heteroatoms. The van der Waals surface area contributed by atoms with Crippen molar-refractivity contribution in [1.29, 1.82) is 0 Å². The van der Waals surface area contributed by atoms with Gasteiger partial charge in [0.1, 0.15) is 5.82 Å². The van der Waals surface area contributed by atoms with Crippen LogP contribution in [-0.4, -0.2) is 22.6 Å². The van der Waals surface area contributed by atoms with E-state index in [2.05, 4.69) is 10.3 Å². The lowest BCUT2D eigenvalue weighted by Crippen LogP contribution is -2.30. The van der Waals surface area contributed by atoms with Gasteiger partial charge in [0, 0.05) is 19.3 Å². The van der Waals surface area contributed by atoms with Gasteiger partial charge in [-0.3, -0.25) is 9.36 Å². The molecule has 0 atom stereocenters. The topological polar surface area (TPSA) is 46.9 Å². The molecule has 0 aliphatic heterocycles. The van der Waals surface area contributed by atoms with Crippen molar-refractivity contribution >= 4 is 22.6 Å². The molecule has 78 valence electrons. The van der Waals surface area contributed by atoms with Gasteiger partial charge < -0.3 is 5.32 Å². The molecule has 1 aromatic heterocycles. The van der Waals surface area contributed by atoms with Crippen molar-refractivity contribution in [2.45, 2.75) is 20.4 Å². The quantitative estimate of drug-likeness (QED) is 0.660. The van der Waals surface area contributed by atoms with Gasteiger partial charge in [0.2, 0.25) is 0 Å². The minimum Gasteiger partial charge on any atom is -0.315 e. The highest BCUT2D eigenvalue weighted by atomic mass is 127. The van der Waals surface area contributed by atoms with Gasteiger partial charge in [0.25, 0.3) is 5.56 Å². The minimum absolute atomic E-state index is 0.0519. The summed E-state index contributed by atoms with van der Waals surface area (Å²) in [4.78, 5) is 15.8. The molecule has 0 saturated heterocycles. The van der Waals surface area contributed by atoms with Crippen molar-refractivity contribution in [3.63, 3.8) is 0 Å². The lowest BCUT2D eigenvalue weighted by atomic mass is 10.5. The third kappa shape index (κ3) is 2.78. The number of aromatic nitrogens is 2. The molecule has 0 unspecified atom stereocenters. The summed E-state index contributed by atoms with van der Waals surface area (Å²) < 4.78 is 2.37. The first-order chi connectivity index (χ1) is 6.66. The molecule has 0 fully saturated rings. The lowest BCUT2D eigenvalue weighted by molar-refractivity contribution is 0.574. The molecular formula is C9H14IN3O. The average molecular weight is 307 g/mol. The van der Waals surface area contributed by atoms with E-state index < -0.39 is 0 Å². The molecule has 0 spiro atoms. The van der Waals surface area contributed by atoms with Crippen LogP contribution in [-0.2, 0) is 6.54 Å². The van der Waals surface area contributed by atoms with Crippen molar-refractivity contribution in [2.75, 3.05) is 13.1 Å². The van der Waals surface area contributed by atoms with Gasteiger partial charge in [0.15, 0.2) is 0 Å². The maximum Gasteiger partial charge on any atom is 0.266 e. The molecule has 0 amide bonds. The molecule has 1 N–H and O–H groups in total. The van der Waals surface area contributed by atoms with Gasteiger partial charge in [0.05, 0.1) is 3.57 Å². The van der Waals surface area contributed by atoms with Crippen LogP contribution in [0.15, 0.2) is 11.0 Å². The lowest BCUT2D eigenvalue weighted by Gasteiger charge is -2.09. The predicted octanol–water partition coefficient (Wildman–Crippen LogP) is 0.766. The minimum atomic E-state index is 0.0519. The van der Waals surface area contributed by atoms with Crippen molar-refractivity contribution in [3.8, 4) is 0 Å². The molecule has 0 saturated carbocycles. The fourth-order valence-electron chi connectivity index (χ4n) is 1.18. The molecule has 0 bridgehead atoms. The number of hydrogen-bond donors (Lipinski definition) is 1. The van der Waals surface area contributed by atoms with Crippen LogP contribution in [0.4, 0.5) is 0 Å². The fraction of sp³-hybridized carbons (Fsp3) is 0.556. The van der Waals surface area contributed by atoms with E-state index in [0.29, 0.717) is 10.1 Å². The van der Waals surface area contributed by atoms with Crippen molar-refractivity contribution in [3.05, 3.63) is 25.9 Å². The second-order valence-corrected chi connectivity index (χ2v) is 4.13. The van der Waals surface area contributed by atoms with Crippen LogP contribution in [0.5, 0.6) is 0 Å². The number of nitrogens with zero attached hydrogens (tertiary/aromatic N) is 2. The summed E-state index contributed by atoms with van der Waals surface area (Å²) in [5, 5.41) is 3.18.